The summed E-state index contributed by atoms with van der Waals surface area (Å²) < 4.78 is 5.75. The van der Waals surface area contributed by atoms with E-state index in [1.54, 1.807) is 0 Å². The van der Waals surface area contributed by atoms with Crippen LogP contribution in [0.4, 0.5) is 0 Å². The second-order valence-electron chi connectivity index (χ2n) is 4.71. The van der Waals surface area contributed by atoms with Gasteiger partial charge in [0, 0.05) is 13.0 Å². The molecule has 0 saturated carbocycles. The summed E-state index contributed by atoms with van der Waals surface area (Å²) in [5.41, 5.74) is 2.63. The molecular formula is C15H18NO. The second-order valence-corrected chi connectivity index (χ2v) is 4.71. The molecular weight excluding hydrogens is 210 g/mol. The molecule has 0 unspecified atom stereocenters. The molecule has 1 aliphatic heterocycles. The van der Waals surface area contributed by atoms with Crippen molar-refractivity contribution in [2.45, 2.75) is 12.8 Å². The average Bonchev–Trinajstić information content (AvgIpc) is 3.08. The van der Waals surface area contributed by atoms with Crippen LogP contribution in [0.3, 0.4) is 0 Å². The molecule has 1 saturated heterocycles. The van der Waals surface area contributed by atoms with Crippen LogP contribution >= 0.6 is 0 Å². The maximum Gasteiger partial charge on any atom is 0.119 e. The van der Waals surface area contributed by atoms with Crippen LogP contribution < -0.4 is 4.74 Å². The van der Waals surface area contributed by atoms with Crippen molar-refractivity contribution in [1.29, 1.82) is 0 Å². The van der Waals surface area contributed by atoms with Crippen molar-refractivity contribution in [2.24, 2.45) is 0 Å². The van der Waals surface area contributed by atoms with Gasteiger partial charge < -0.3 is 4.74 Å². The summed E-state index contributed by atoms with van der Waals surface area (Å²) in [6, 6.07) is 8.37. The minimum Gasteiger partial charge on any atom is -0.492 e. The highest BCUT2D eigenvalue weighted by Gasteiger charge is 2.11. The fourth-order valence-corrected chi connectivity index (χ4v) is 2.28. The van der Waals surface area contributed by atoms with Gasteiger partial charge in [-0.2, -0.15) is 0 Å². The Hall–Kier alpha value is -1.28. The van der Waals surface area contributed by atoms with Gasteiger partial charge in [0.05, 0.1) is 0 Å². The van der Waals surface area contributed by atoms with Gasteiger partial charge in [-0.25, -0.2) is 0 Å². The summed E-state index contributed by atoms with van der Waals surface area (Å²) in [5.74, 6) is 0.981. The molecule has 0 N–H and O–H groups in total. The largest absolute Gasteiger partial charge is 0.492 e. The van der Waals surface area contributed by atoms with Gasteiger partial charge in [-0.1, -0.05) is 18.2 Å². The SMILES string of the molecule is [CH]1C=C1c1ccc(OCCN2CCCC2)cc1. The lowest BCUT2D eigenvalue weighted by atomic mass is 10.2. The third-order valence-electron chi connectivity index (χ3n) is 3.40. The number of hydrogen-bond acceptors (Lipinski definition) is 2. The second kappa shape index (κ2) is 4.92. The topological polar surface area (TPSA) is 12.5 Å². The number of allylic oxidation sites excluding steroid dienone is 2. The molecule has 0 atom stereocenters. The molecule has 2 nitrogen and oxygen atoms in total. The highest BCUT2D eigenvalue weighted by molar-refractivity contribution is 5.87. The highest BCUT2D eigenvalue weighted by atomic mass is 16.5. The van der Waals surface area contributed by atoms with Gasteiger partial charge in [-0.05, 0) is 49.2 Å². The normalized spacial score (nSPS) is 19.2. The van der Waals surface area contributed by atoms with Crippen molar-refractivity contribution in [3.05, 3.63) is 42.3 Å². The molecule has 3 rings (SSSR count). The fraction of sp³-hybridized carbons (Fsp3) is 0.400. The van der Waals surface area contributed by atoms with Crippen LogP contribution in [0.1, 0.15) is 18.4 Å². The number of ether oxygens (including phenoxy) is 1. The van der Waals surface area contributed by atoms with E-state index in [4.69, 9.17) is 4.74 Å². The zero-order valence-corrected chi connectivity index (χ0v) is 10.1. The van der Waals surface area contributed by atoms with Crippen molar-refractivity contribution in [3.63, 3.8) is 0 Å². The molecule has 0 spiro atoms. The van der Waals surface area contributed by atoms with E-state index in [-0.39, 0.29) is 0 Å². The Morgan fingerprint density at radius 1 is 1.06 bits per heavy atom. The Morgan fingerprint density at radius 3 is 2.41 bits per heavy atom. The molecule has 89 valence electrons. The quantitative estimate of drug-likeness (QED) is 0.768. The average molecular weight is 228 g/mol. The summed E-state index contributed by atoms with van der Waals surface area (Å²) >= 11 is 0. The van der Waals surface area contributed by atoms with E-state index in [2.05, 4.69) is 41.7 Å². The number of hydrogen-bond donors (Lipinski definition) is 0. The summed E-state index contributed by atoms with van der Waals surface area (Å²) in [5, 5.41) is 0. The lowest BCUT2D eigenvalue weighted by Crippen LogP contribution is -2.25. The van der Waals surface area contributed by atoms with E-state index >= 15 is 0 Å². The number of rotatable bonds is 5. The third kappa shape index (κ3) is 2.89. The summed E-state index contributed by atoms with van der Waals surface area (Å²) in [7, 11) is 0. The van der Waals surface area contributed by atoms with E-state index in [1.165, 1.54) is 37.1 Å². The van der Waals surface area contributed by atoms with Gasteiger partial charge in [0.1, 0.15) is 12.4 Å². The molecule has 0 bridgehead atoms. The number of nitrogens with zero attached hydrogens (tertiary/aromatic N) is 1. The van der Waals surface area contributed by atoms with Gasteiger partial charge >= 0.3 is 0 Å². The summed E-state index contributed by atoms with van der Waals surface area (Å²) in [4.78, 5) is 2.47. The lowest BCUT2D eigenvalue weighted by molar-refractivity contribution is 0.238. The first kappa shape index (κ1) is 10.8. The van der Waals surface area contributed by atoms with Crippen LogP contribution in [0.25, 0.3) is 5.57 Å². The van der Waals surface area contributed by atoms with Crippen LogP contribution in [0.5, 0.6) is 5.75 Å². The number of likely N-dealkylation sites (tertiary alicyclic amines) is 1. The zero-order valence-electron chi connectivity index (χ0n) is 10.1. The van der Waals surface area contributed by atoms with E-state index in [0.717, 1.165) is 18.9 Å². The Kier molecular flexibility index (Phi) is 3.14. The first-order valence-electron chi connectivity index (χ1n) is 6.42. The smallest absolute Gasteiger partial charge is 0.119 e. The van der Waals surface area contributed by atoms with Gasteiger partial charge in [0.25, 0.3) is 0 Å². The van der Waals surface area contributed by atoms with Crippen molar-refractivity contribution in [2.75, 3.05) is 26.2 Å². The van der Waals surface area contributed by atoms with Gasteiger partial charge in [0.2, 0.25) is 0 Å². The lowest BCUT2D eigenvalue weighted by Gasteiger charge is -2.14. The molecule has 1 radical (unpaired) electrons. The van der Waals surface area contributed by atoms with Crippen LogP contribution in [0.15, 0.2) is 30.3 Å². The molecule has 1 aromatic rings. The fourth-order valence-electron chi connectivity index (χ4n) is 2.28. The molecule has 17 heavy (non-hydrogen) atoms. The van der Waals surface area contributed by atoms with Crippen molar-refractivity contribution in [1.82, 2.24) is 4.90 Å². The van der Waals surface area contributed by atoms with Gasteiger partial charge in [-0.3, -0.25) is 4.90 Å². The molecule has 1 aliphatic carbocycles. The molecule has 2 aliphatic rings. The third-order valence-corrected chi connectivity index (χ3v) is 3.40. The number of benzene rings is 1. The van der Waals surface area contributed by atoms with E-state index in [9.17, 15) is 0 Å². The molecule has 1 aromatic carbocycles. The van der Waals surface area contributed by atoms with Crippen molar-refractivity contribution in [3.8, 4) is 5.75 Å². The van der Waals surface area contributed by atoms with E-state index < -0.39 is 0 Å². The minimum absolute atomic E-state index is 0.800. The van der Waals surface area contributed by atoms with Crippen LogP contribution in [-0.4, -0.2) is 31.1 Å². The van der Waals surface area contributed by atoms with Gasteiger partial charge in [-0.15, -0.1) is 0 Å². The van der Waals surface area contributed by atoms with Crippen LogP contribution in [-0.2, 0) is 0 Å². The molecule has 1 fully saturated rings. The van der Waals surface area contributed by atoms with Crippen molar-refractivity contribution < 1.29 is 4.74 Å². The standard InChI is InChI=1S/C15H18NO/c1-2-10-16(9-1)11-12-17-15-7-5-14(6-8-15)13-3-4-13/h3-8H,1-2,9-12H2. The van der Waals surface area contributed by atoms with E-state index in [0.29, 0.717) is 0 Å². The summed E-state index contributed by atoms with van der Waals surface area (Å²) in [6.45, 7) is 4.34. The van der Waals surface area contributed by atoms with E-state index in [1.807, 2.05) is 0 Å². The van der Waals surface area contributed by atoms with Crippen molar-refractivity contribution >= 4 is 5.57 Å². The highest BCUT2D eigenvalue weighted by Crippen LogP contribution is 2.30. The predicted octanol–water partition coefficient (Wildman–Crippen LogP) is 2.76. The zero-order chi connectivity index (χ0) is 11.5. The molecule has 1 heterocycles. The first-order chi connectivity index (χ1) is 8.42. The Morgan fingerprint density at radius 2 is 1.76 bits per heavy atom. The maximum absolute atomic E-state index is 5.75. The molecule has 0 aromatic heterocycles. The Labute approximate surface area is 103 Å². The van der Waals surface area contributed by atoms with Crippen LogP contribution in [0.2, 0.25) is 0 Å². The predicted molar refractivity (Wildman–Crippen MR) is 69.9 cm³/mol. The first-order valence-corrected chi connectivity index (χ1v) is 6.42. The Bertz CT molecular complexity index is 401. The summed E-state index contributed by atoms with van der Waals surface area (Å²) in [6.07, 6.45) is 6.95. The maximum atomic E-state index is 5.75. The Balaban J connectivity index is 1.45. The molecule has 0 amide bonds. The monoisotopic (exact) mass is 228 g/mol. The molecule has 2 heteroatoms. The minimum atomic E-state index is 0.800. The van der Waals surface area contributed by atoms with Crippen LogP contribution in [0, 0.1) is 6.42 Å². The van der Waals surface area contributed by atoms with Gasteiger partial charge in [0.15, 0.2) is 0 Å².